The molecule has 2 aromatic rings. The molecule has 1 aromatic heterocycles. The van der Waals surface area contributed by atoms with Crippen molar-refractivity contribution >= 4 is 5.95 Å². The molecular weight excluding hydrogens is 317 g/mol. The molecule has 1 aliphatic heterocycles. The summed E-state index contributed by atoms with van der Waals surface area (Å²) in [6, 6.07) is 11.8. The molecule has 4 nitrogen and oxygen atoms in total. The van der Waals surface area contributed by atoms with Crippen LogP contribution in [0.15, 0.2) is 42.6 Å². The van der Waals surface area contributed by atoms with Crippen molar-refractivity contribution in [2.45, 2.75) is 25.1 Å². The summed E-state index contributed by atoms with van der Waals surface area (Å²) in [5.41, 5.74) is 1.60. The summed E-state index contributed by atoms with van der Waals surface area (Å²) in [5, 5.41) is 3.45. The van der Waals surface area contributed by atoms with Crippen LogP contribution in [0.25, 0.3) is 0 Å². The average molecular weight is 336 g/mol. The van der Waals surface area contributed by atoms with Gasteiger partial charge in [0, 0.05) is 44.0 Å². The zero-order chi connectivity index (χ0) is 17.0. The molecule has 128 valence electrons. The van der Waals surface area contributed by atoms with Crippen LogP contribution in [0, 0.1) is 0 Å². The van der Waals surface area contributed by atoms with E-state index in [0.717, 1.165) is 13.1 Å². The first-order valence-corrected chi connectivity index (χ1v) is 7.93. The maximum Gasteiger partial charge on any atom is 0.389 e. The van der Waals surface area contributed by atoms with E-state index in [1.165, 1.54) is 11.8 Å². The van der Waals surface area contributed by atoms with Gasteiger partial charge in [-0.2, -0.15) is 13.2 Å². The van der Waals surface area contributed by atoms with Crippen molar-refractivity contribution in [1.82, 2.24) is 15.3 Å². The maximum atomic E-state index is 12.4. The number of aromatic nitrogens is 2. The molecule has 1 atom stereocenters. The number of anilines is 1. The molecule has 1 N–H and O–H groups in total. The maximum absolute atomic E-state index is 12.4. The molecule has 1 fully saturated rings. The number of benzene rings is 1. The Kier molecular flexibility index (Phi) is 4.99. The van der Waals surface area contributed by atoms with Gasteiger partial charge in [0.2, 0.25) is 5.95 Å². The zero-order valence-corrected chi connectivity index (χ0v) is 13.1. The summed E-state index contributed by atoms with van der Waals surface area (Å²) >= 11 is 0. The summed E-state index contributed by atoms with van der Waals surface area (Å²) in [6.07, 6.45) is -3.61. The highest BCUT2D eigenvalue weighted by atomic mass is 19.4. The molecular formula is C17H19F3N4. The van der Waals surface area contributed by atoms with E-state index in [1.54, 1.807) is 6.07 Å². The van der Waals surface area contributed by atoms with Crippen LogP contribution in [0.4, 0.5) is 19.1 Å². The van der Waals surface area contributed by atoms with Gasteiger partial charge in [-0.15, -0.1) is 0 Å². The predicted molar refractivity (Wildman–Crippen MR) is 85.8 cm³/mol. The van der Waals surface area contributed by atoms with Crippen LogP contribution in [-0.2, 0) is 6.42 Å². The highest BCUT2D eigenvalue weighted by Gasteiger charge is 2.27. The molecule has 0 amide bonds. The summed E-state index contributed by atoms with van der Waals surface area (Å²) in [4.78, 5) is 10.6. The Labute approximate surface area is 138 Å². The van der Waals surface area contributed by atoms with Crippen LogP contribution in [-0.4, -0.2) is 35.8 Å². The van der Waals surface area contributed by atoms with Crippen LogP contribution in [0.1, 0.15) is 23.7 Å². The van der Waals surface area contributed by atoms with E-state index in [4.69, 9.17) is 0 Å². The highest BCUT2D eigenvalue weighted by Crippen LogP contribution is 2.23. The number of rotatable bonds is 4. The van der Waals surface area contributed by atoms with Gasteiger partial charge in [0.05, 0.1) is 0 Å². The van der Waals surface area contributed by atoms with E-state index in [0.29, 0.717) is 18.2 Å². The number of nitrogens with zero attached hydrogens (tertiary/aromatic N) is 3. The molecule has 1 aromatic carbocycles. The van der Waals surface area contributed by atoms with Gasteiger partial charge in [0.15, 0.2) is 0 Å². The van der Waals surface area contributed by atoms with Gasteiger partial charge in [-0.1, -0.05) is 30.3 Å². The molecule has 7 heteroatoms. The van der Waals surface area contributed by atoms with Crippen LogP contribution in [0.3, 0.4) is 0 Å². The summed E-state index contributed by atoms with van der Waals surface area (Å²) in [7, 11) is 0. The Hall–Kier alpha value is -2.15. The fourth-order valence-electron chi connectivity index (χ4n) is 2.79. The molecule has 1 saturated heterocycles. The van der Waals surface area contributed by atoms with Gasteiger partial charge in [-0.25, -0.2) is 9.97 Å². The Morgan fingerprint density at radius 3 is 2.71 bits per heavy atom. The van der Waals surface area contributed by atoms with E-state index in [9.17, 15) is 13.2 Å². The van der Waals surface area contributed by atoms with Crippen molar-refractivity contribution in [1.29, 1.82) is 0 Å². The Bertz CT molecular complexity index is 660. The number of piperazine rings is 1. The molecule has 24 heavy (non-hydrogen) atoms. The minimum atomic E-state index is -4.17. The number of nitrogens with one attached hydrogen (secondary N) is 1. The van der Waals surface area contributed by atoms with Gasteiger partial charge in [-0.3, -0.25) is 0 Å². The van der Waals surface area contributed by atoms with Gasteiger partial charge in [-0.05, 0) is 18.1 Å². The largest absolute Gasteiger partial charge is 0.389 e. The molecule has 0 spiro atoms. The molecule has 0 radical (unpaired) electrons. The fraction of sp³-hybridized carbons (Fsp3) is 0.412. The smallest absolute Gasteiger partial charge is 0.338 e. The number of hydrogen-bond acceptors (Lipinski definition) is 4. The minimum absolute atomic E-state index is 0.118. The van der Waals surface area contributed by atoms with Gasteiger partial charge in [0.25, 0.3) is 0 Å². The first-order chi connectivity index (χ1) is 11.5. The second-order valence-corrected chi connectivity index (χ2v) is 5.83. The monoisotopic (exact) mass is 336 g/mol. The van der Waals surface area contributed by atoms with Crippen LogP contribution in [0.2, 0.25) is 0 Å². The number of hydrogen-bond donors (Lipinski definition) is 1. The van der Waals surface area contributed by atoms with Crippen molar-refractivity contribution in [2.24, 2.45) is 0 Å². The lowest BCUT2D eigenvalue weighted by molar-refractivity contribution is -0.134. The molecule has 0 aliphatic carbocycles. The topological polar surface area (TPSA) is 41.1 Å². The van der Waals surface area contributed by atoms with Crippen LogP contribution < -0.4 is 10.2 Å². The van der Waals surface area contributed by atoms with E-state index in [1.807, 2.05) is 23.1 Å². The van der Waals surface area contributed by atoms with Crippen molar-refractivity contribution in [3.8, 4) is 0 Å². The van der Waals surface area contributed by atoms with Gasteiger partial charge < -0.3 is 10.2 Å². The molecule has 1 aliphatic rings. The third-order valence-corrected chi connectivity index (χ3v) is 4.03. The molecule has 0 bridgehead atoms. The number of halogens is 3. The number of alkyl halides is 3. The Morgan fingerprint density at radius 2 is 1.96 bits per heavy atom. The standard InChI is InChI=1S/C17H19F3N4/c18-17(19,20)8-6-14-7-9-22-16(23-14)24-11-10-21-15(12-24)13-4-2-1-3-5-13/h1-5,7,9,15,21H,6,8,10-12H2/t15-/m0/s1. The number of aryl methyl sites for hydroxylation is 1. The second kappa shape index (κ2) is 7.17. The molecule has 3 rings (SSSR count). The average Bonchev–Trinajstić information content (AvgIpc) is 2.61. The molecule has 0 saturated carbocycles. The Balaban J connectivity index is 1.69. The van der Waals surface area contributed by atoms with E-state index in [2.05, 4.69) is 27.4 Å². The third kappa shape index (κ3) is 4.44. The molecule has 0 unspecified atom stereocenters. The summed E-state index contributed by atoms with van der Waals surface area (Å²) in [5.74, 6) is 0.497. The lowest BCUT2D eigenvalue weighted by Crippen LogP contribution is -2.46. The van der Waals surface area contributed by atoms with Gasteiger partial charge >= 0.3 is 6.18 Å². The van der Waals surface area contributed by atoms with Gasteiger partial charge in [0.1, 0.15) is 0 Å². The van der Waals surface area contributed by atoms with Crippen molar-refractivity contribution < 1.29 is 13.2 Å². The van der Waals surface area contributed by atoms with E-state index >= 15 is 0 Å². The first-order valence-electron chi connectivity index (χ1n) is 7.93. The van der Waals surface area contributed by atoms with Crippen molar-refractivity contribution in [3.63, 3.8) is 0 Å². The zero-order valence-electron chi connectivity index (χ0n) is 13.1. The SMILES string of the molecule is FC(F)(F)CCc1ccnc(N2CCN[C@H](c3ccccc3)C2)n1. The fourth-order valence-corrected chi connectivity index (χ4v) is 2.79. The summed E-state index contributed by atoms with van der Waals surface area (Å²) in [6.45, 7) is 2.19. The van der Waals surface area contributed by atoms with E-state index in [-0.39, 0.29) is 12.5 Å². The summed E-state index contributed by atoms with van der Waals surface area (Å²) < 4.78 is 37.1. The second-order valence-electron chi connectivity index (χ2n) is 5.83. The molecule has 2 heterocycles. The highest BCUT2D eigenvalue weighted by molar-refractivity contribution is 5.34. The quantitative estimate of drug-likeness (QED) is 0.931. The third-order valence-electron chi connectivity index (χ3n) is 4.03. The van der Waals surface area contributed by atoms with Crippen LogP contribution >= 0.6 is 0 Å². The Morgan fingerprint density at radius 1 is 1.17 bits per heavy atom. The lowest BCUT2D eigenvalue weighted by atomic mass is 10.0. The minimum Gasteiger partial charge on any atom is -0.338 e. The predicted octanol–water partition coefficient (Wildman–Crippen LogP) is 3.12. The van der Waals surface area contributed by atoms with E-state index < -0.39 is 12.6 Å². The van der Waals surface area contributed by atoms with Crippen molar-refractivity contribution in [2.75, 3.05) is 24.5 Å². The van der Waals surface area contributed by atoms with Crippen molar-refractivity contribution in [3.05, 3.63) is 53.9 Å². The normalized spacial score (nSPS) is 18.6. The lowest BCUT2D eigenvalue weighted by Gasteiger charge is -2.34. The first kappa shape index (κ1) is 16.7. The van der Waals surface area contributed by atoms with Crippen LogP contribution in [0.5, 0.6) is 0 Å².